The topological polar surface area (TPSA) is 77.8 Å². The van der Waals surface area contributed by atoms with Crippen molar-refractivity contribution in [2.24, 2.45) is 23.2 Å². The Morgan fingerprint density at radius 3 is 2.65 bits per heavy atom. The summed E-state index contributed by atoms with van der Waals surface area (Å²) in [4.78, 5) is 12.3. The van der Waals surface area contributed by atoms with E-state index in [2.05, 4.69) is 32.6 Å². The number of rotatable bonds is 6. The van der Waals surface area contributed by atoms with Crippen LogP contribution in [0.2, 0.25) is 0 Å². The molecule has 4 nitrogen and oxygen atoms in total. The Kier molecular flexibility index (Phi) is 7.35. The third-order valence-corrected chi connectivity index (χ3v) is 8.41. The van der Waals surface area contributed by atoms with Gasteiger partial charge in [0.05, 0.1) is 6.10 Å². The van der Waals surface area contributed by atoms with Crippen molar-refractivity contribution < 1.29 is 20.1 Å². The molecule has 3 rings (SSSR count). The maximum Gasteiger partial charge on any atom is 0.192 e. The van der Waals surface area contributed by atoms with Crippen LogP contribution in [0, 0.1) is 23.2 Å². The van der Waals surface area contributed by atoms with Crippen molar-refractivity contribution in [3.05, 3.63) is 35.5 Å². The van der Waals surface area contributed by atoms with Crippen LogP contribution >= 0.6 is 0 Å². The maximum atomic E-state index is 12.3. The van der Waals surface area contributed by atoms with Crippen molar-refractivity contribution >= 4 is 5.78 Å². The molecule has 6 atom stereocenters. The number of aliphatic hydroxyl groups excluding tert-OH is 2. The van der Waals surface area contributed by atoms with Gasteiger partial charge in [-0.05, 0) is 100 Å². The summed E-state index contributed by atoms with van der Waals surface area (Å²) in [6, 6.07) is 0. The number of hydrogen-bond donors (Lipinski definition) is 3. The van der Waals surface area contributed by atoms with E-state index in [9.17, 15) is 20.1 Å². The van der Waals surface area contributed by atoms with Crippen LogP contribution in [0.5, 0.6) is 0 Å². The first-order chi connectivity index (χ1) is 14.4. The fourth-order valence-corrected chi connectivity index (χ4v) is 6.64. The molecule has 31 heavy (non-hydrogen) atoms. The van der Waals surface area contributed by atoms with Crippen molar-refractivity contribution in [1.29, 1.82) is 0 Å². The predicted octanol–water partition coefficient (Wildman–Crippen LogP) is 4.88. The molecule has 3 aliphatic rings. The van der Waals surface area contributed by atoms with Gasteiger partial charge in [0.25, 0.3) is 0 Å². The Bertz CT molecular complexity index is 756. The summed E-state index contributed by atoms with van der Waals surface area (Å²) in [7, 11) is 0. The second kappa shape index (κ2) is 9.33. The van der Waals surface area contributed by atoms with Gasteiger partial charge >= 0.3 is 0 Å². The summed E-state index contributed by atoms with van der Waals surface area (Å²) in [5.41, 5.74) is 2.55. The van der Waals surface area contributed by atoms with Crippen molar-refractivity contribution in [2.75, 3.05) is 0 Å². The molecule has 174 valence electrons. The van der Waals surface area contributed by atoms with E-state index >= 15 is 0 Å². The third kappa shape index (κ3) is 5.23. The predicted molar refractivity (Wildman–Crippen MR) is 124 cm³/mol. The molecular formula is C27H42O4. The zero-order chi connectivity index (χ0) is 23.0. The molecule has 0 amide bonds. The molecule has 0 saturated heterocycles. The molecule has 6 unspecified atom stereocenters. The number of hydrogen-bond acceptors (Lipinski definition) is 4. The normalized spacial score (nSPS) is 36.5. The summed E-state index contributed by atoms with van der Waals surface area (Å²) in [6.07, 6.45) is 11.7. The number of carbonyl (C=O) groups excluding carboxylic acids is 1. The lowest BCUT2D eigenvalue weighted by Gasteiger charge is -2.44. The van der Waals surface area contributed by atoms with E-state index in [-0.39, 0.29) is 17.4 Å². The van der Waals surface area contributed by atoms with E-state index in [4.69, 9.17) is 0 Å². The Hall–Kier alpha value is -1.23. The number of aliphatic hydroxyl groups is 3. The number of allylic oxidation sites excluding steroid dienone is 4. The lowest BCUT2D eigenvalue weighted by molar-refractivity contribution is -0.144. The highest BCUT2D eigenvalue weighted by atomic mass is 16.3. The van der Waals surface area contributed by atoms with Gasteiger partial charge in [0.2, 0.25) is 0 Å². The van der Waals surface area contributed by atoms with Gasteiger partial charge in [0.15, 0.2) is 5.78 Å². The quantitative estimate of drug-likeness (QED) is 0.561. The van der Waals surface area contributed by atoms with Crippen LogP contribution in [0.15, 0.2) is 35.5 Å². The first-order valence-electron chi connectivity index (χ1n) is 12.1. The first-order valence-corrected chi connectivity index (χ1v) is 12.1. The van der Waals surface area contributed by atoms with Gasteiger partial charge in [-0.25, -0.2) is 0 Å². The lowest BCUT2D eigenvalue weighted by atomic mass is 9.60. The SMILES string of the molecule is C=C1CCC(O)CC1=CC=C1CCCC2(C)C1CCC2C(C)CC(O)C(=O)C(C)(C)O. The molecule has 0 spiro atoms. The fraction of sp³-hybridized carbons (Fsp3) is 0.741. The van der Waals surface area contributed by atoms with Crippen LogP contribution in [-0.4, -0.2) is 38.9 Å². The van der Waals surface area contributed by atoms with E-state index < -0.39 is 17.5 Å². The highest BCUT2D eigenvalue weighted by Gasteiger charge is 2.51. The van der Waals surface area contributed by atoms with Gasteiger partial charge in [0.1, 0.15) is 11.7 Å². The van der Waals surface area contributed by atoms with Gasteiger partial charge < -0.3 is 15.3 Å². The highest BCUT2D eigenvalue weighted by molar-refractivity contribution is 5.89. The van der Waals surface area contributed by atoms with Gasteiger partial charge in [-0.15, -0.1) is 0 Å². The maximum absolute atomic E-state index is 12.3. The molecule has 3 N–H and O–H groups in total. The number of fused-ring (bicyclic) bond motifs is 1. The summed E-state index contributed by atoms with van der Waals surface area (Å²) < 4.78 is 0. The minimum absolute atomic E-state index is 0.183. The van der Waals surface area contributed by atoms with E-state index in [0.717, 1.165) is 37.7 Å². The standard InChI is InChI=1S/C27H42O4/c1-17-8-11-21(28)16-20(17)10-9-19-7-6-14-27(5)22(12-13-23(19)27)18(2)15-24(29)25(30)26(3,4)31/h9-10,18,21-24,28-29,31H,1,6-8,11-16H2,2-5H3. The van der Waals surface area contributed by atoms with Gasteiger partial charge in [-0.3, -0.25) is 4.79 Å². The Morgan fingerprint density at radius 2 is 1.97 bits per heavy atom. The number of carbonyl (C=O) groups is 1. The molecule has 3 aliphatic carbocycles. The van der Waals surface area contributed by atoms with Crippen LogP contribution in [-0.2, 0) is 4.79 Å². The third-order valence-electron chi connectivity index (χ3n) is 8.41. The van der Waals surface area contributed by atoms with Crippen LogP contribution in [0.3, 0.4) is 0 Å². The monoisotopic (exact) mass is 430 g/mol. The van der Waals surface area contributed by atoms with Crippen molar-refractivity contribution in [1.82, 2.24) is 0 Å². The van der Waals surface area contributed by atoms with Gasteiger partial charge in [-0.1, -0.05) is 43.7 Å². The highest BCUT2D eigenvalue weighted by Crippen LogP contribution is 2.59. The van der Waals surface area contributed by atoms with Crippen LogP contribution in [0.4, 0.5) is 0 Å². The molecular weight excluding hydrogens is 388 g/mol. The zero-order valence-electron chi connectivity index (χ0n) is 19.9. The van der Waals surface area contributed by atoms with Crippen molar-refractivity contribution in [3.8, 4) is 0 Å². The molecule has 0 heterocycles. The minimum Gasteiger partial charge on any atom is -0.393 e. The zero-order valence-corrected chi connectivity index (χ0v) is 19.9. The van der Waals surface area contributed by atoms with E-state index in [1.807, 2.05) is 0 Å². The Labute approximate surface area is 188 Å². The summed E-state index contributed by atoms with van der Waals surface area (Å²) >= 11 is 0. The number of ketones is 1. The molecule has 0 aromatic heterocycles. The summed E-state index contributed by atoms with van der Waals surface area (Å²) in [5, 5.41) is 30.4. The average molecular weight is 431 g/mol. The van der Waals surface area contributed by atoms with E-state index in [1.165, 1.54) is 37.8 Å². The molecule has 3 fully saturated rings. The van der Waals surface area contributed by atoms with Crippen molar-refractivity contribution in [2.45, 2.75) is 103 Å². The van der Waals surface area contributed by atoms with E-state index in [1.54, 1.807) is 0 Å². The van der Waals surface area contributed by atoms with E-state index in [0.29, 0.717) is 24.7 Å². The van der Waals surface area contributed by atoms with Crippen LogP contribution in [0.25, 0.3) is 0 Å². The lowest BCUT2D eigenvalue weighted by Crippen LogP contribution is -2.42. The summed E-state index contributed by atoms with van der Waals surface area (Å²) in [6.45, 7) is 11.6. The molecule has 0 bridgehead atoms. The smallest absolute Gasteiger partial charge is 0.192 e. The molecule has 0 aromatic rings. The fourth-order valence-electron chi connectivity index (χ4n) is 6.64. The second-order valence-corrected chi connectivity index (χ2v) is 11.2. The Balaban J connectivity index is 1.73. The average Bonchev–Trinajstić information content (AvgIpc) is 3.04. The molecule has 3 saturated carbocycles. The molecule has 0 radical (unpaired) electrons. The molecule has 0 aliphatic heterocycles. The first kappa shape index (κ1) is 24.4. The minimum atomic E-state index is -1.49. The second-order valence-electron chi connectivity index (χ2n) is 11.2. The van der Waals surface area contributed by atoms with Gasteiger partial charge in [0, 0.05) is 0 Å². The number of Topliss-reactive ketones (excluding diaryl/α,β-unsaturated/α-hetero) is 1. The van der Waals surface area contributed by atoms with Crippen molar-refractivity contribution in [3.63, 3.8) is 0 Å². The molecule has 0 aromatic carbocycles. The van der Waals surface area contributed by atoms with Crippen LogP contribution in [0.1, 0.15) is 85.5 Å². The Morgan fingerprint density at radius 1 is 1.26 bits per heavy atom. The largest absolute Gasteiger partial charge is 0.393 e. The summed E-state index contributed by atoms with van der Waals surface area (Å²) in [5.74, 6) is 0.742. The van der Waals surface area contributed by atoms with Gasteiger partial charge in [-0.2, -0.15) is 0 Å². The molecule has 4 heteroatoms. The van der Waals surface area contributed by atoms with Crippen LogP contribution < -0.4 is 0 Å².